The molecule has 1 heterocycles. The van der Waals surface area contributed by atoms with Gasteiger partial charge in [0.2, 0.25) is 17.7 Å². The maximum atomic E-state index is 13.5. The van der Waals surface area contributed by atoms with Gasteiger partial charge >= 0.3 is 6.03 Å². The molecule has 1 aliphatic rings. The van der Waals surface area contributed by atoms with Crippen LogP contribution in [-0.4, -0.2) is 104 Å². The highest BCUT2D eigenvalue weighted by molar-refractivity contribution is 6.03. The molecule has 1 saturated heterocycles. The first kappa shape index (κ1) is 35.7. The summed E-state index contributed by atoms with van der Waals surface area (Å²) in [5, 5.41) is 2.78. The molecule has 0 spiro atoms. The number of rotatable bonds is 17. The van der Waals surface area contributed by atoms with Crippen molar-refractivity contribution in [1.29, 1.82) is 0 Å². The van der Waals surface area contributed by atoms with Gasteiger partial charge < -0.3 is 24.8 Å². The van der Waals surface area contributed by atoms with E-state index in [0.717, 1.165) is 22.4 Å². The molecule has 0 saturated carbocycles. The Morgan fingerprint density at radius 3 is 1.96 bits per heavy atom. The summed E-state index contributed by atoms with van der Waals surface area (Å²) in [4.78, 5) is 59.1. The molecule has 0 bridgehead atoms. The third-order valence-electron chi connectivity index (χ3n) is 8.82. The number of carbonyl (C=O) groups excluding carboxylic acids is 4. The van der Waals surface area contributed by atoms with Crippen molar-refractivity contribution in [3.63, 3.8) is 0 Å². The molecular weight excluding hydrogens is 570 g/mol. The lowest BCUT2D eigenvalue weighted by Crippen LogP contribution is -2.73. The van der Waals surface area contributed by atoms with Crippen molar-refractivity contribution >= 4 is 23.8 Å². The Morgan fingerprint density at radius 2 is 1.44 bits per heavy atom. The zero-order chi connectivity index (χ0) is 33.0. The van der Waals surface area contributed by atoms with E-state index in [1.807, 2.05) is 76.2 Å². The summed E-state index contributed by atoms with van der Waals surface area (Å²) in [5.41, 5.74) is 1.42. The number of hydrogen-bond acceptors (Lipinski definition) is 6. The fourth-order valence-corrected chi connectivity index (χ4v) is 5.84. The van der Waals surface area contributed by atoms with Crippen LogP contribution >= 0.6 is 0 Å². The first-order valence-corrected chi connectivity index (χ1v) is 16.1. The van der Waals surface area contributed by atoms with Crippen LogP contribution in [0.5, 0.6) is 0 Å². The van der Waals surface area contributed by atoms with E-state index in [1.54, 1.807) is 16.8 Å². The molecule has 1 aliphatic heterocycles. The number of urea groups is 1. The maximum absolute atomic E-state index is 13.5. The first-order valence-electron chi connectivity index (χ1n) is 16.1. The van der Waals surface area contributed by atoms with Crippen LogP contribution in [0, 0.1) is 5.41 Å². The summed E-state index contributed by atoms with van der Waals surface area (Å²) in [7, 11) is 5.58. The number of benzene rings is 2. The van der Waals surface area contributed by atoms with Gasteiger partial charge in [-0.1, -0.05) is 81.4 Å². The molecule has 45 heavy (non-hydrogen) atoms. The molecular formula is C35H51N5O5. The number of nitrogens with one attached hydrogen (secondary N) is 1. The highest BCUT2D eigenvalue weighted by atomic mass is 16.5. The van der Waals surface area contributed by atoms with Crippen LogP contribution < -0.4 is 5.32 Å². The summed E-state index contributed by atoms with van der Waals surface area (Å²) in [6, 6.07) is 19.7. The fourth-order valence-electron chi connectivity index (χ4n) is 5.84. The normalized spacial score (nSPS) is 15.6. The van der Waals surface area contributed by atoms with E-state index in [1.165, 1.54) is 0 Å². The second-order valence-corrected chi connectivity index (χ2v) is 12.0. The van der Waals surface area contributed by atoms with Gasteiger partial charge in [0.25, 0.3) is 0 Å². The largest absolute Gasteiger partial charge is 0.347 e. The Balaban J connectivity index is 1.64. The Labute approximate surface area is 268 Å². The summed E-state index contributed by atoms with van der Waals surface area (Å²) in [6.07, 6.45) is 1.73. The van der Waals surface area contributed by atoms with Crippen molar-refractivity contribution in [3.05, 3.63) is 71.8 Å². The highest BCUT2D eigenvalue weighted by Crippen LogP contribution is 2.45. The second kappa shape index (κ2) is 17.1. The van der Waals surface area contributed by atoms with Gasteiger partial charge in [-0.2, -0.15) is 0 Å². The monoisotopic (exact) mass is 621 g/mol. The van der Waals surface area contributed by atoms with Crippen molar-refractivity contribution < 1.29 is 23.9 Å². The quantitative estimate of drug-likeness (QED) is 0.206. The van der Waals surface area contributed by atoms with Crippen molar-refractivity contribution in [2.75, 3.05) is 54.1 Å². The average molecular weight is 622 g/mol. The number of imide groups is 1. The van der Waals surface area contributed by atoms with Gasteiger partial charge in [-0.3, -0.25) is 14.4 Å². The van der Waals surface area contributed by atoms with Crippen LogP contribution in [0.3, 0.4) is 0 Å². The molecule has 1 N–H and O–H groups in total. The molecule has 1 fully saturated rings. The summed E-state index contributed by atoms with van der Waals surface area (Å²) in [5.74, 6) is -0.557. The predicted molar refractivity (Wildman–Crippen MR) is 175 cm³/mol. The van der Waals surface area contributed by atoms with Crippen LogP contribution in [0.25, 0.3) is 0 Å². The van der Waals surface area contributed by atoms with Gasteiger partial charge in [-0.25, -0.2) is 9.69 Å². The van der Waals surface area contributed by atoms with E-state index in [4.69, 9.17) is 4.74 Å². The number of nitrogens with zero attached hydrogens (tertiary/aromatic N) is 4. The molecule has 0 radical (unpaired) electrons. The molecule has 3 rings (SSSR count). The number of carbonyl (C=O) groups is 4. The molecule has 0 aliphatic carbocycles. The number of likely N-dealkylation sites (N-methyl/N-ethyl adjacent to an activating group) is 2. The number of β-lactam (4-membered cyclic amide) rings is 1. The molecule has 2 aromatic rings. The molecule has 10 nitrogen and oxygen atoms in total. The standard InChI is InChI=1S/C35H51N5O5/c1-7-22-39(30(41)21-20-29(27-16-12-10-13-17-27)28-18-14-11-15-19-28)26-36-34(44)40-32(43)35(8-2,9-3)33(40)45-25-31(42)38(6)24-23-37(4)5/h10-19,29,33H,7-9,20-26H2,1-6H3,(H,36,44). The van der Waals surface area contributed by atoms with Crippen LogP contribution in [0.2, 0.25) is 0 Å². The van der Waals surface area contributed by atoms with Crippen LogP contribution in [0.1, 0.15) is 69.9 Å². The van der Waals surface area contributed by atoms with Crippen LogP contribution in [-0.2, 0) is 19.1 Å². The molecule has 10 heteroatoms. The van der Waals surface area contributed by atoms with Crippen molar-refractivity contribution in [1.82, 2.24) is 24.9 Å². The van der Waals surface area contributed by atoms with E-state index >= 15 is 0 Å². The van der Waals surface area contributed by atoms with Crippen molar-refractivity contribution in [3.8, 4) is 0 Å². The number of ether oxygens (including phenoxy) is 1. The van der Waals surface area contributed by atoms with Crippen molar-refractivity contribution in [2.45, 2.75) is 65.0 Å². The summed E-state index contributed by atoms with van der Waals surface area (Å²) < 4.78 is 5.98. The zero-order valence-corrected chi connectivity index (χ0v) is 27.8. The van der Waals surface area contributed by atoms with E-state index in [2.05, 4.69) is 29.6 Å². The zero-order valence-electron chi connectivity index (χ0n) is 27.8. The van der Waals surface area contributed by atoms with Gasteiger partial charge in [-0.15, -0.1) is 0 Å². The third kappa shape index (κ3) is 8.92. The van der Waals surface area contributed by atoms with Crippen molar-refractivity contribution in [2.24, 2.45) is 5.41 Å². The van der Waals surface area contributed by atoms with E-state index in [0.29, 0.717) is 45.3 Å². The minimum atomic E-state index is -0.872. The summed E-state index contributed by atoms with van der Waals surface area (Å²) >= 11 is 0. The smallest absolute Gasteiger partial charge is 0.327 e. The SMILES string of the molecule is CCCN(CNC(=O)N1C(=O)C(CC)(CC)C1OCC(=O)N(C)CCN(C)C)C(=O)CCC(c1ccccc1)c1ccccc1. The molecule has 246 valence electrons. The maximum Gasteiger partial charge on any atom is 0.327 e. The lowest BCUT2D eigenvalue weighted by molar-refractivity contribution is -0.211. The number of likely N-dealkylation sites (tertiary alicyclic amines) is 1. The van der Waals surface area contributed by atoms with Crippen LogP contribution in [0.15, 0.2) is 60.7 Å². The third-order valence-corrected chi connectivity index (χ3v) is 8.82. The Morgan fingerprint density at radius 1 is 0.867 bits per heavy atom. The van der Waals surface area contributed by atoms with Gasteiger partial charge in [0.05, 0.1) is 12.1 Å². The Bertz CT molecular complexity index is 1210. The first-order chi connectivity index (χ1) is 21.6. The number of hydrogen-bond donors (Lipinski definition) is 1. The Hall–Kier alpha value is -3.76. The van der Waals surface area contributed by atoms with Gasteiger partial charge in [0, 0.05) is 39.0 Å². The topological polar surface area (TPSA) is 102 Å². The van der Waals surface area contributed by atoms with Gasteiger partial charge in [0.1, 0.15) is 6.61 Å². The molecule has 2 aromatic carbocycles. The van der Waals surface area contributed by atoms with Gasteiger partial charge in [-0.05, 0) is 50.9 Å². The fraction of sp³-hybridized carbons (Fsp3) is 0.543. The highest BCUT2D eigenvalue weighted by Gasteiger charge is 2.62. The minimum Gasteiger partial charge on any atom is -0.347 e. The van der Waals surface area contributed by atoms with E-state index < -0.39 is 17.7 Å². The average Bonchev–Trinajstić information content (AvgIpc) is 3.05. The summed E-state index contributed by atoms with van der Waals surface area (Å²) in [6.45, 7) is 7.20. The second-order valence-electron chi connectivity index (χ2n) is 12.0. The van der Waals surface area contributed by atoms with E-state index in [-0.39, 0.29) is 36.9 Å². The predicted octanol–water partition coefficient (Wildman–Crippen LogP) is 4.52. The molecule has 1 unspecified atom stereocenters. The lowest BCUT2D eigenvalue weighted by Gasteiger charge is -2.53. The molecule has 1 atom stereocenters. The van der Waals surface area contributed by atoms with E-state index in [9.17, 15) is 19.2 Å². The molecule has 5 amide bonds. The lowest BCUT2D eigenvalue weighted by atomic mass is 9.72. The number of amides is 5. The molecule has 0 aromatic heterocycles. The van der Waals surface area contributed by atoms with Crippen LogP contribution in [0.4, 0.5) is 4.79 Å². The minimum absolute atomic E-state index is 0.0270. The Kier molecular flexibility index (Phi) is 13.6. The van der Waals surface area contributed by atoms with Gasteiger partial charge in [0.15, 0.2) is 6.23 Å².